The number of likely N-dealkylation sites (N-methyl/N-ethyl adjacent to an activating group) is 1. The minimum atomic E-state index is -0.330. The predicted octanol–water partition coefficient (Wildman–Crippen LogP) is 2.34. The minimum absolute atomic E-state index is 0.0480. The second-order valence-corrected chi connectivity index (χ2v) is 8.49. The van der Waals surface area contributed by atoms with E-state index in [2.05, 4.69) is 15.9 Å². The number of carbonyl (C=O) groups is 2. The first-order chi connectivity index (χ1) is 11.6. The highest BCUT2D eigenvalue weighted by atomic mass is 79.9. The lowest BCUT2D eigenvalue weighted by molar-refractivity contribution is -0.150. The third-order valence-electron chi connectivity index (χ3n) is 4.33. The molecule has 132 valence electrons. The van der Waals surface area contributed by atoms with Gasteiger partial charge in [0, 0.05) is 13.6 Å². The SMILES string of the molecule is CN(CC(=O)N1CCCCC1C1OCCO1)C(=O)c1ccc(Br)s1. The molecule has 1 atom stereocenters. The number of hydrogen-bond donors (Lipinski definition) is 0. The average molecular weight is 417 g/mol. The van der Waals surface area contributed by atoms with Crippen molar-refractivity contribution in [2.24, 2.45) is 0 Å². The molecule has 2 amide bonds. The zero-order valence-corrected chi connectivity index (χ0v) is 16.0. The molecule has 2 saturated heterocycles. The Kier molecular flexibility index (Phi) is 5.91. The number of thiophene rings is 1. The zero-order valence-electron chi connectivity index (χ0n) is 13.6. The highest BCUT2D eigenvalue weighted by Crippen LogP contribution is 2.25. The zero-order chi connectivity index (χ0) is 17.1. The highest BCUT2D eigenvalue weighted by molar-refractivity contribution is 9.11. The molecule has 0 aliphatic carbocycles. The van der Waals surface area contributed by atoms with Crippen molar-refractivity contribution in [2.45, 2.75) is 31.6 Å². The minimum Gasteiger partial charge on any atom is -0.348 e. The van der Waals surface area contributed by atoms with Gasteiger partial charge in [-0.3, -0.25) is 9.59 Å². The lowest BCUT2D eigenvalue weighted by Crippen LogP contribution is -2.53. The molecular formula is C16H21BrN2O4S. The van der Waals surface area contributed by atoms with Crippen molar-refractivity contribution < 1.29 is 19.1 Å². The van der Waals surface area contributed by atoms with Crippen LogP contribution in [0.15, 0.2) is 15.9 Å². The molecular weight excluding hydrogens is 396 g/mol. The monoisotopic (exact) mass is 416 g/mol. The van der Waals surface area contributed by atoms with E-state index in [1.807, 2.05) is 11.0 Å². The van der Waals surface area contributed by atoms with Gasteiger partial charge in [0.05, 0.1) is 34.5 Å². The molecule has 1 unspecified atom stereocenters. The fraction of sp³-hybridized carbons (Fsp3) is 0.625. The van der Waals surface area contributed by atoms with Gasteiger partial charge >= 0.3 is 0 Å². The van der Waals surface area contributed by atoms with Gasteiger partial charge in [-0.05, 0) is 47.3 Å². The lowest BCUT2D eigenvalue weighted by Gasteiger charge is -2.38. The third-order valence-corrected chi connectivity index (χ3v) is 5.95. The van der Waals surface area contributed by atoms with Crippen LogP contribution in [0.5, 0.6) is 0 Å². The van der Waals surface area contributed by atoms with Gasteiger partial charge in [0.2, 0.25) is 5.91 Å². The fourth-order valence-electron chi connectivity index (χ4n) is 3.13. The molecule has 1 aromatic heterocycles. The standard InChI is InChI=1S/C16H21BrN2O4S/c1-18(15(21)12-5-6-13(17)24-12)10-14(20)19-7-3-2-4-11(19)16-22-8-9-23-16/h5-6,11,16H,2-4,7-10H2,1H3. The molecule has 2 aliphatic heterocycles. The Bertz CT molecular complexity index is 603. The molecule has 0 spiro atoms. The van der Waals surface area contributed by atoms with E-state index in [1.54, 1.807) is 13.1 Å². The van der Waals surface area contributed by atoms with Crippen LogP contribution in [0.1, 0.15) is 28.9 Å². The normalized spacial score (nSPS) is 21.9. The quantitative estimate of drug-likeness (QED) is 0.755. The highest BCUT2D eigenvalue weighted by Gasteiger charge is 2.36. The smallest absolute Gasteiger partial charge is 0.264 e. The number of piperidine rings is 1. The van der Waals surface area contributed by atoms with Gasteiger partial charge in [-0.25, -0.2) is 0 Å². The van der Waals surface area contributed by atoms with Crippen molar-refractivity contribution in [1.29, 1.82) is 0 Å². The third kappa shape index (κ3) is 3.99. The van der Waals surface area contributed by atoms with Crippen molar-refractivity contribution >= 4 is 39.1 Å². The molecule has 8 heteroatoms. The summed E-state index contributed by atoms with van der Waals surface area (Å²) in [5.74, 6) is -0.189. The summed E-state index contributed by atoms with van der Waals surface area (Å²) in [5.41, 5.74) is 0. The Balaban J connectivity index is 1.62. The number of halogens is 1. The van der Waals surface area contributed by atoms with Gasteiger partial charge in [0.15, 0.2) is 6.29 Å². The van der Waals surface area contributed by atoms with E-state index in [4.69, 9.17) is 9.47 Å². The van der Waals surface area contributed by atoms with E-state index in [9.17, 15) is 9.59 Å². The number of nitrogens with zero attached hydrogens (tertiary/aromatic N) is 2. The topological polar surface area (TPSA) is 59.1 Å². The molecule has 0 aromatic carbocycles. The molecule has 0 N–H and O–H groups in total. The maximum Gasteiger partial charge on any atom is 0.264 e. The van der Waals surface area contributed by atoms with Crippen molar-refractivity contribution in [3.63, 3.8) is 0 Å². The van der Waals surface area contributed by atoms with Gasteiger partial charge in [-0.2, -0.15) is 0 Å². The maximum atomic E-state index is 12.7. The first-order valence-electron chi connectivity index (χ1n) is 8.10. The number of carbonyl (C=O) groups excluding carboxylic acids is 2. The average Bonchev–Trinajstić information content (AvgIpc) is 3.25. The molecule has 24 heavy (non-hydrogen) atoms. The summed E-state index contributed by atoms with van der Waals surface area (Å²) in [4.78, 5) is 29.1. The Morgan fingerprint density at radius 3 is 2.75 bits per heavy atom. The Labute approximate surface area is 153 Å². The molecule has 1 aromatic rings. The number of hydrogen-bond acceptors (Lipinski definition) is 5. The van der Waals surface area contributed by atoms with E-state index < -0.39 is 0 Å². The molecule has 0 bridgehead atoms. The summed E-state index contributed by atoms with van der Waals surface area (Å²) in [6, 6.07) is 3.55. The lowest BCUT2D eigenvalue weighted by atomic mass is 10.0. The van der Waals surface area contributed by atoms with Gasteiger partial charge < -0.3 is 19.3 Å². The predicted molar refractivity (Wildman–Crippen MR) is 94.0 cm³/mol. The molecule has 6 nitrogen and oxygen atoms in total. The summed E-state index contributed by atoms with van der Waals surface area (Å²) in [6.45, 7) is 1.92. The Hall–Kier alpha value is -0.960. The van der Waals surface area contributed by atoms with Crippen LogP contribution >= 0.6 is 27.3 Å². The first kappa shape index (κ1) is 17.8. The number of rotatable bonds is 4. The van der Waals surface area contributed by atoms with Crippen LogP contribution in [0.2, 0.25) is 0 Å². The van der Waals surface area contributed by atoms with Crippen molar-refractivity contribution in [3.05, 3.63) is 20.8 Å². The summed E-state index contributed by atoms with van der Waals surface area (Å²) < 4.78 is 12.1. The molecule has 3 heterocycles. The largest absolute Gasteiger partial charge is 0.348 e. The van der Waals surface area contributed by atoms with Crippen LogP contribution in [-0.2, 0) is 14.3 Å². The van der Waals surface area contributed by atoms with Crippen molar-refractivity contribution in [1.82, 2.24) is 9.80 Å². The van der Waals surface area contributed by atoms with Gasteiger partial charge in [-0.15, -0.1) is 11.3 Å². The second kappa shape index (κ2) is 7.95. The van der Waals surface area contributed by atoms with E-state index in [0.29, 0.717) is 24.6 Å². The molecule has 2 aliphatic rings. The van der Waals surface area contributed by atoms with E-state index >= 15 is 0 Å². The van der Waals surface area contributed by atoms with E-state index in [0.717, 1.165) is 23.0 Å². The van der Waals surface area contributed by atoms with E-state index in [1.165, 1.54) is 16.2 Å². The van der Waals surface area contributed by atoms with Crippen LogP contribution in [0, 0.1) is 0 Å². The second-order valence-electron chi connectivity index (χ2n) is 6.03. The maximum absolute atomic E-state index is 12.7. The number of likely N-dealkylation sites (tertiary alicyclic amines) is 1. The summed E-state index contributed by atoms with van der Waals surface area (Å²) in [5, 5.41) is 0. The molecule has 3 rings (SSSR count). The summed E-state index contributed by atoms with van der Waals surface area (Å²) in [6.07, 6.45) is 2.59. The van der Waals surface area contributed by atoms with Crippen molar-refractivity contribution in [2.75, 3.05) is 33.4 Å². The van der Waals surface area contributed by atoms with Crippen LogP contribution < -0.4 is 0 Å². The first-order valence-corrected chi connectivity index (χ1v) is 9.70. The molecule has 0 radical (unpaired) electrons. The Morgan fingerprint density at radius 2 is 2.08 bits per heavy atom. The summed E-state index contributed by atoms with van der Waals surface area (Å²) >= 11 is 4.72. The number of ether oxygens (including phenoxy) is 2. The summed E-state index contributed by atoms with van der Waals surface area (Å²) in [7, 11) is 1.66. The van der Waals surface area contributed by atoms with E-state index in [-0.39, 0.29) is 30.7 Å². The number of amides is 2. The van der Waals surface area contributed by atoms with Crippen LogP contribution in [0.25, 0.3) is 0 Å². The molecule has 0 saturated carbocycles. The van der Waals surface area contributed by atoms with Crippen molar-refractivity contribution in [3.8, 4) is 0 Å². The van der Waals surface area contributed by atoms with Gasteiger partial charge in [0.1, 0.15) is 0 Å². The fourth-order valence-corrected chi connectivity index (χ4v) is 4.51. The van der Waals surface area contributed by atoms with Crippen LogP contribution in [0.4, 0.5) is 0 Å². The van der Waals surface area contributed by atoms with Gasteiger partial charge in [0.25, 0.3) is 5.91 Å². The van der Waals surface area contributed by atoms with Crippen LogP contribution in [0.3, 0.4) is 0 Å². The Morgan fingerprint density at radius 1 is 1.33 bits per heavy atom. The molecule has 2 fully saturated rings. The van der Waals surface area contributed by atoms with Gasteiger partial charge in [-0.1, -0.05) is 0 Å². The van der Waals surface area contributed by atoms with Crippen LogP contribution in [-0.4, -0.2) is 67.3 Å².